The van der Waals surface area contributed by atoms with E-state index >= 15 is 0 Å². The number of hydrogen-bond donors (Lipinski definition) is 1. The fraction of sp³-hybridized carbons (Fsp3) is 0.929. The van der Waals surface area contributed by atoms with Gasteiger partial charge >= 0.3 is 0 Å². The summed E-state index contributed by atoms with van der Waals surface area (Å²) in [5.74, 6) is 0.822. The Hall–Kier alpha value is -0.370. The zero-order chi connectivity index (χ0) is 15.0. The fourth-order valence-electron chi connectivity index (χ4n) is 3.97. The number of nitrogens with zero attached hydrogens (tertiary/aromatic N) is 2. The number of carbonyl (C=O) groups excluding carboxylic acids is 1. The Morgan fingerprint density at radius 3 is 2.32 bits per heavy atom. The van der Waals surface area contributed by atoms with Crippen LogP contribution in [0.4, 0.5) is 0 Å². The minimum Gasteiger partial charge on any atom is -0.339 e. The number of nitrogens with one attached hydrogen (secondary N) is 1. The zero-order valence-corrected chi connectivity index (χ0v) is 14.7. The van der Waals surface area contributed by atoms with Gasteiger partial charge in [-0.1, -0.05) is 12.8 Å². The number of rotatable bonds is 2. The molecule has 128 valence electrons. The topological polar surface area (TPSA) is 69.7 Å². The Bertz CT molecular complexity index is 491. The van der Waals surface area contributed by atoms with E-state index in [1.165, 1.54) is 36.2 Å². The molecule has 8 heteroatoms. The lowest BCUT2D eigenvalue weighted by atomic mass is 9.85. The third kappa shape index (κ3) is 3.75. The first kappa shape index (κ1) is 18.0. The zero-order valence-electron chi connectivity index (χ0n) is 13.0. The van der Waals surface area contributed by atoms with Gasteiger partial charge in [-0.05, 0) is 25.2 Å². The van der Waals surface area contributed by atoms with Crippen LogP contribution in [0.5, 0.6) is 0 Å². The maximum atomic E-state index is 12.6. The number of piperazine rings is 1. The number of amides is 1. The van der Waals surface area contributed by atoms with E-state index in [9.17, 15) is 13.2 Å². The molecule has 1 N–H and O–H groups in total. The van der Waals surface area contributed by atoms with E-state index in [0.717, 1.165) is 6.42 Å². The highest BCUT2D eigenvalue weighted by molar-refractivity contribution is 7.88. The molecule has 2 saturated heterocycles. The summed E-state index contributed by atoms with van der Waals surface area (Å²) in [7, 11) is -3.13. The summed E-state index contributed by atoms with van der Waals surface area (Å²) in [6, 6.07) is 0.466. The van der Waals surface area contributed by atoms with Crippen molar-refractivity contribution in [2.45, 2.75) is 44.2 Å². The van der Waals surface area contributed by atoms with E-state index in [2.05, 4.69) is 5.32 Å². The van der Waals surface area contributed by atoms with Crippen LogP contribution in [0, 0.1) is 5.92 Å². The summed E-state index contributed by atoms with van der Waals surface area (Å²) in [5.41, 5.74) is 0. The van der Waals surface area contributed by atoms with Crippen molar-refractivity contribution in [3.05, 3.63) is 0 Å². The van der Waals surface area contributed by atoms with Gasteiger partial charge in [-0.3, -0.25) is 4.79 Å². The molecule has 2 aliphatic heterocycles. The molecule has 0 aromatic carbocycles. The van der Waals surface area contributed by atoms with Gasteiger partial charge in [0.15, 0.2) is 0 Å². The van der Waals surface area contributed by atoms with Gasteiger partial charge in [-0.2, -0.15) is 4.31 Å². The van der Waals surface area contributed by atoms with Crippen molar-refractivity contribution in [2.75, 3.05) is 32.4 Å². The molecule has 3 unspecified atom stereocenters. The predicted octanol–water partition coefficient (Wildman–Crippen LogP) is 0.433. The number of sulfonamides is 1. The van der Waals surface area contributed by atoms with Crippen LogP contribution in [0.25, 0.3) is 0 Å². The van der Waals surface area contributed by atoms with E-state index in [4.69, 9.17) is 0 Å². The van der Waals surface area contributed by atoms with Gasteiger partial charge in [-0.25, -0.2) is 8.42 Å². The molecule has 1 saturated carbocycles. The standard InChI is InChI=1S/C14H25N3O3S.ClH/c1-21(19,20)17-8-6-16(7-9-17)14(18)13-10-11-4-2-3-5-12(11)15-13;/h11-13,15H,2-10H2,1H3;1H. The molecular formula is C14H26ClN3O3S. The average Bonchev–Trinajstić information content (AvgIpc) is 2.89. The van der Waals surface area contributed by atoms with Crippen molar-refractivity contribution in [3.63, 3.8) is 0 Å². The Morgan fingerprint density at radius 1 is 1.09 bits per heavy atom. The van der Waals surface area contributed by atoms with E-state index < -0.39 is 10.0 Å². The first-order valence-corrected chi connectivity index (χ1v) is 9.80. The highest BCUT2D eigenvalue weighted by Gasteiger charge is 2.40. The second-order valence-corrected chi connectivity index (χ2v) is 8.58. The van der Waals surface area contributed by atoms with Crippen LogP contribution in [0.2, 0.25) is 0 Å². The smallest absolute Gasteiger partial charge is 0.239 e. The highest BCUT2D eigenvalue weighted by Crippen LogP contribution is 2.33. The lowest BCUT2D eigenvalue weighted by Gasteiger charge is -2.34. The molecule has 22 heavy (non-hydrogen) atoms. The van der Waals surface area contributed by atoms with Crippen molar-refractivity contribution < 1.29 is 13.2 Å². The number of carbonyl (C=O) groups is 1. The van der Waals surface area contributed by atoms with Gasteiger partial charge in [0.05, 0.1) is 12.3 Å². The minimum absolute atomic E-state index is 0. The second kappa shape index (κ2) is 7.03. The maximum absolute atomic E-state index is 12.6. The number of halogens is 1. The van der Waals surface area contributed by atoms with Crippen molar-refractivity contribution in [1.29, 1.82) is 0 Å². The molecule has 0 radical (unpaired) electrons. The van der Waals surface area contributed by atoms with Crippen LogP contribution in [-0.2, 0) is 14.8 Å². The molecule has 3 atom stereocenters. The van der Waals surface area contributed by atoms with Crippen LogP contribution >= 0.6 is 12.4 Å². The van der Waals surface area contributed by atoms with Crippen molar-refractivity contribution in [2.24, 2.45) is 5.92 Å². The molecule has 3 aliphatic rings. The molecule has 1 amide bonds. The maximum Gasteiger partial charge on any atom is 0.239 e. The molecule has 1 aliphatic carbocycles. The largest absolute Gasteiger partial charge is 0.339 e. The molecule has 3 fully saturated rings. The number of hydrogen-bond acceptors (Lipinski definition) is 4. The Labute approximate surface area is 139 Å². The molecule has 0 spiro atoms. The Morgan fingerprint density at radius 2 is 1.73 bits per heavy atom. The molecular weight excluding hydrogens is 326 g/mol. The van der Waals surface area contributed by atoms with E-state index in [1.807, 2.05) is 4.90 Å². The normalized spacial score (nSPS) is 33.1. The minimum atomic E-state index is -3.13. The first-order chi connectivity index (χ1) is 9.95. The summed E-state index contributed by atoms with van der Waals surface area (Å²) in [6.07, 6.45) is 7.17. The van der Waals surface area contributed by atoms with Crippen molar-refractivity contribution >= 4 is 28.3 Å². The summed E-state index contributed by atoms with van der Waals surface area (Å²) >= 11 is 0. The van der Waals surface area contributed by atoms with Crippen molar-refractivity contribution in [1.82, 2.24) is 14.5 Å². The van der Waals surface area contributed by atoms with Gasteiger partial charge < -0.3 is 10.2 Å². The Balaban J connectivity index is 0.00000176. The summed E-state index contributed by atoms with van der Waals surface area (Å²) in [6.45, 7) is 1.87. The predicted molar refractivity (Wildman–Crippen MR) is 87.5 cm³/mol. The summed E-state index contributed by atoms with van der Waals surface area (Å²) in [4.78, 5) is 14.4. The van der Waals surface area contributed by atoms with Gasteiger partial charge in [0.1, 0.15) is 0 Å². The van der Waals surface area contributed by atoms with Gasteiger partial charge in [-0.15, -0.1) is 12.4 Å². The summed E-state index contributed by atoms with van der Waals surface area (Å²) < 4.78 is 24.5. The third-order valence-electron chi connectivity index (χ3n) is 5.18. The fourth-order valence-corrected chi connectivity index (χ4v) is 4.80. The van der Waals surface area contributed by atoms with E-state index in [1.54, 1.807) is 0 Å². The molecule has 6 nitrogen and oxygen atoms in total. The number of fused-ring (bicyclic) bond motifs is 1. The molecule has 3 rings (SSSR count). The molecule has 0 bridgehead atoms. The van der Waals surface area contributed by atoms with Gasteiger partial charge in [0.2, 0.25) is 15.9 Å². The van der Waals surface area contributed by atoms with Crippen LogP contribution in [0.3, 0.4) is 0 Å². The quantitative estimate of drug-likeness (QED) is 0.783. The second-order valence-electron chi connectivity index (χ2n) is 6.59. The van der Waals surface area contributed by atoms with Crippen LogP contribution in [0.15, 0.2) is 0 Å². The third-order valence-corrected chi connectivity index (χ3v) is 6.48. The average molecular weight is 352 g/mol. The molecule has 0 aromatic rings. The van der Waals surface area contributed by atoms with Gasteiger partial charge in [0, 0.05) is 32.2 Å². The van der Waals surface area contributed by atoms with Crippen molar-refractivity contribution in [3.8, 4) is 0 Å². The SMILES string of the molecule is CS(=O)(=O)N1CCN(C(=O)C2CC3CCCCC3N2)CC1.Cl. The highest BCUT2D eigenvalue weighted by atomic mass is 35.5. The van der Waals surface area contributed by atoms with E-state index in [-0.39, 0.29) is 24.4 Å². The van der Waals surface area contributed by atoms with E-state index in [0.29, 0.717) is 38.1 Å². The molecule has 2 heterocycles. The summed E-state index contributed by atoms with van der Waals surface area (Å²) in [5, 5.41) is 3.51. The van der Waals surface area contributed by atoms with Crippen LogP contribution < -0.4 is 5.32 Å². The first-order valence-electron chi connectivity index (χ1n) is 7.95. The Kier molecular flexibility index (Phi) is 5.74. The lowest BCUT2D eigenvalue weighted by molar-refractivity contribution is -0.134. The monoisotopic (exact) mass is 351 g/mol. The van der Waals surface area contributed by atoms with Crippen LogP contribution in [0.1, 0.15) is 32.1 Å². The molecule has 0 aromatic heterocycles. The lowest BCUT2D eigenvalue weighted by Crippen LogP contribution is -2.54. The van der Waals surface area contributed by atoms with Gasteiger partial charge in [0.25, 0.3) is 0 Å². The van der Waals surface area contributed by atoms with Crippen LogP contribution in [-0.4, -0.2) is 68.0 Å².